The van der Waals surface area contributed by atoms with Gasteiger partial charge in [-0.15, -0.1) is 0 Å². The summed E-state index contributed by atoms with van der Waals surface area (Å²) in [5, 5.41) is 3.54. The van der Waals surface area contributed by atoms with Gasteiger partial charge in [-0.05, 0) is 49.8 Å². The van der Waals surface area contributed by atoms with E-state index < -0.39 is 0 Å². The number of ether oxygens (including phenoxy) is 1. The van der Waals surface area contributed by atoms with Crippen molar-refractivity contribution in [2.24, 2.45) is 0 Å². The summed E-state index contributed by atoms with van der Waals surface area (Å²) >= 11 is 0. The van der Waals surface area contributed by atoms with Gasteiger partial charge >= 0.3 is 0 Å². The molecular formula is C18H26N2O2. The Labute approximate surface area is 132 Å². The first-order valence-corrected chi connectivity index (χ1v) is 8.40. The molecule has 0 unspecified atom stereocenters. The van der Waals surface area contributed by atoms with E-state index >= 15 is 0 Å². The van der Waals surface area contributed by atoms with Crippen molar-refractivity contribution in [3.63, 3.8) is 0 Å². The molecule has 0 atom stereocenters. The minimum Gasteiger partial charge on any atom is -0.381 e. The molecule has 1 aromatic carbocycles. The number of benzene rings is 1. The third-order valence-electron chi connectivity index (χ3n) is 4.87. The van der Waals surface area contributed by atoms with E-state index in [2.05, 4.69) is 17.4 Å². The molecule has 0 radical (unpaired) electrons. The van der Waals surface area contributed by atoms with E-state index in [4.69, 9.17) is 4.74 Å². The molecule has 1 N–H and O–H groups in total. The van der Waals surface area contributed by atoms with Gasteiger partial charge < -0.3 is 15.0 Å². The number of amides is 1. The highest BCUT2D eigenvalue weighted by atomic mass is 16.5. The van der Waals surface area contributed by atoms with Crippen molar-refractivity contribution in [1.29, 1.82) is 0 Å². The number of methoxy groups -OCH3 is 1. The molecule has 3 rings (SSSR count). The van der Waals surface area contributed by atoms with Gasteiger partial charge in [0.05, 0.1) is 6.10 Å². The van der Waals surface area contributed by atoms with Crippen molar-refractivity contribution in [1.82, 2.24) is 10.2 Å². The van der Waals surface area contributed by atoms with Crippen molar-refractivity contribution in [3.05, 3.63) is 35.4 Å². The third-order valence-corrected chi connectivity index (χ3v) is 4.87. The van der Waals surface area contributed by atoms with Crippen LogP contribution in [0.3, 0.4) is 0 Å². The van der Waals surface area contributed by atoms with Crippen molar-refractivity contribution in [2.75, 3.05) is 20.2 Å². The fourth-order valence-electron chi connectivity index (χ4n) is 3.23. The van der Waals surface area contributed by atoms with Crippen LogP contribution in [-0.4, -0.2) is 43.2 Å². The topological polar surface area (TPSA) is 41.6 Å². The zero-order chi connectivity index (χ0) is 15.4. The van der Waals surface area contributed by atoms with Crippen LogP contribution in [0.2, 0.25) is 0 Å². The van der Waals surface area contributed by atoms with Gasteiger partial charge in [-0.1, -0.05) is 12.1 Å². The number of piperidine rings is 1. The van der Waals surface area contributed by atoms with Crippen molar-refractivity contribution in [3.8, 4) is 0 Å². The molecule has 2 aliphatic rings. The van der Waals surface area contributed by atoms with Gasteiger partial charge in [0.15, 0.2) is 0 Å². The van der Waals surface area contributed by atoms with E-state index in [1.54, 1.807) is 7.11 Å². The zero-order valence-electron chi connectivity index (χ0n) is 13.4. The molecule has 0 spiro atoms. The van der Waals surface area contributed by atoms with Crippen LogP contribution in [0.25, 0.3) is 0 Å². The Kier molecular flexibility index (Phi) is 5.11. The predicted molar refractivity (Wildman–Crippen MR) is 86.9 cm³/mol. The monoisotopic (exact) mass is 302 g/mol. The van der Waals surface area contributed by atoms with E-state index in [0.717, 1.165) is 50.9 Å². The molecular weight excluding hydrogens is 276 g/mol. The summed E-state index contributed by atoms with van der Waals surface area (Å²) in [4.78, 5) is 14.4. The zero-order valence-corrected chi connectivity index (χ0v) is 13.4. The minimum absolute atomic E-state index is 0.182. The molecule has 0 aromatic heterocycles. The molecule has 22 heavy (non-hydrogen) atoms. The molecule has 4 heteroatoms. The first-order chi connectivity index (χ1) is 10.8. The fourth-order valence-corrected chi connectivity index (χ4v) is 3.23. The normalized spacial score (nSPS) is 24.9. The second-order valence-electron chi connectivity index (χ2n) is 6.46. The standard InChI is InChI=1S/C18H26N2O2/c1-22-17-11-16(12-17)19-13-14-5-7-15(8-6-14)18(21)20-9-3-2-4-10-20/h5-8,16-17,19H,2-4,9-13H2,1H3. The van der Waals surface area contributed by atoms with Crippen LogP contribution in [0, 0.1) is 0 Å². The largest absolute Gasteiger partial charge is 0.381 e. The van der Waals surface area contributed by atoms with Crippen LogP contribution < -0.4 is 5.32 Å². The second kappa shape index (κ2) is 7.25. The van der Waals surface area contributed by atoms with Crippen molar-refractivity contribution >= 4 is 5.91 Å². The summed E-state index contributed by atoms with van der Waals surface area (Å²) in [6, 6.07) is 8.63. The first-order valence-electron chi connectivity index (χ1n) is 8.40. The summed E-state index contributed by atoms with van der Waals surface area (Å²) in [6.07, 6.45) is 6.15. The van der Waals surface area contributed by atoms with Crippen molar-refractivity contribution in [2.45, 2.75) is 50.8 Å². The molecule has 1 heterocycles. The number of carbonyl (C=O) groups is 1. The van der Waals surface area contributed by atoms with Crippen LogP contribution in [0.15, 0.2) is 24.3 Å². The lowest BCUT2D eigenvalue weighted by molar-refractivity contribution is 0.0170. The maximum absolute atomic E-state index is 12.4. The molecule has 4 nitrogen and oxygen atoms in total. The Morgan fingerprint density at radius 1 is 1.18 bits per heavy atom. The van der Waals surface area contributed by atoms with Gasteiger partial charge in [0.2, 0.25) is 0 Å². The second-order valence-corrected chi connectivity index (χ2v) is 6.46. The molecule has 1 saturated carbocycles. The van der Waals surface area contributed by atoms with Gasteiger partial charge in [-0.2, -0.15) is 0 Å². The third kappa shape index (κ3) is 3.68. The van der Waals surface area contributed by atoms with Crippen LogP contribution in [0.1, 0.15) is 48.0 Å². The van der Waals surface area contributed by atoms with Gasteiger partial charge in [-0.25, -0.2) is 0 Å². The van der Waals surface area contributed by atoms with E-state index in [9.17, 15) is 4.79 Å². The lowest BCUT2D eigenvalue weighted by Crippen LogP contribution is -2.44. The fraction of sp³-hybridized carbons (Fsp3) is 0.611. The van der Waals surface area contributed by atoms with Crippen LogP contribution in [0.4, 0.5) is 0 Å². The molecule has 0 bridgehead atoms. The Hall–Kier alpha value is -1.39. The number of rotatable bonds is 5. The minimum atomic E-state index is 0.182. The van der Waals surface area contributed by atoms with Gasteiger partial charge in [-0.3, -0.25) is 4.79 Å². The average molecular weight is 302 g/mol. The highest BCUT2D eigenvalue weighted by molar-refractivity contribution is 5.94. The number of nitrogens with zero attached hydrogens (tertiary/aromatic N) is 1. The maximum Gasteiger partial charge on any atom is 0.253 e. The first kappa shape index (κ1) is 15.5. The SMILES string of the molecule is COC1CC(NCc2ccc(C(=O)N3CCCCC3)cc2)C1. The van der Waals surface area contributed by atoms with E-state index in [1.807, 2.05) is 17.0 Å². The quantitative estimate of drug-likeness (QED) is 0.909. The van der Waals surface area contributed by atoms with Crippen LogP contribution >= 0.6 is 0 Å². The molecule has 2 fully saturated rings. The lowest BCUT2D eigenvalue weighted by Gasteiger charge is -2.34. The van der Waals surface area contributed by atoms with E-state index in [1.165, 1.54) is 12.0 Å². The molecule has 1 aliphatic heterocycles. The number of hydrogen-bond acceptors (Lipinski definition) is 3. The van der Waals surface area contributed by atoms with Crippen molar-refractivity contribution < 1.29 is 9.53 Å². The number of nitrogens with one attached hydrogen (secondary N) is 1. The molecule has 120 valence electrons. The summed E-state index contributed by atoms with van der Waals surface area (Å²) in [5.41, 5.74) is 2.05. The highest BCUT2D eigenvalue weighted by Gasteiger charge is 2.28. The average Bonchev–Trinajstić information content (AvgIpc) is 2.54. The van der Waals surface area contributed by atoms with Gasteiger partial charge in [0.1, 0.15) is 0 Å². The lowest BCUT2D eigenvalue weighted by atomic mass is 9.89. The Morgan fingerprint density at radius 3 is 2.50 bits per heavy atom. The van der Waals surface area contributed by atoms with E-state index in [-0.39, 0.29) is 5.91 Å². The van der Waals surface area contributed by atoms with E-state index in [0.29, 0.717) is 12.1 Å². The Balaban J connectivity index is 1.48. The Bertz CT molecular complexity index is 488. The summed E-state index contributed by atoms with van der Waals surface area (Å²) in [6.45, 7) is 2.67. The highest BCUT2D eigenvalue weighted by Crippen LogP contribution is 2.23. The number of hydrogen-bond donors (Lipinski definition) is 1. The molecule has 1 aliphatic carbocycles. The van der Waals surface area contributed by atoms with Crippen LogP contribution in [-0.2, 0) is 11.3 Å². The smallest absolute Gasteiger partial charge is 0.253 e. The maximum atomic E-state index is 12.4. The van der Waals surface area contributed by atoms with Gasteiger partial charge in [0, 0.05) is 38.3 Å². The number of likely N-dealkylation sites (tertiary alicyclic amines) is 1. The van der Waals surface area contributed by atoms with Crippen LogP contribution in [0.5, 0.6) is 0 Å². The Morgan fingerprint density at radius 2 is 1.86 bits per heavy atom. The molecule has 1 amide bonds. The number of carbonyl (C=O) groups excluding carboxylic acids is 1. The molecule has 1 saturated heterocycles. The van der Waals surface area contributed by atoms with Gasteiger partial charge in [0.25, 0.3) is 5.91 Å². The molecule has 1 aromatic rings. The summed E-state index contributed by atoms with van der Waals surface area (Å²) in [5.74, 6) is 0.182. The summed E-state index contributed by atoms with van der Waals surface area (Å²) < 4.78 is 5.29. The predicted octanol–water partition coefficient (Wildman–Crippen LogP) is 2.58. The summed E-state index contributed by atoms with van der Waals surface area (Å²) in [7, 11) is 1.78.